The molecule has 0 saturated heterocycles. The molecule has 2 nitrogen and oxygen atoms in total. The molecule has 16 heavy (non-hydrogen) atoms. The fourth-order valence-corrected chi connectivity index (χ4v) is 3.09. The Kier molecular flexibility index (Phi) is 4.26. The summed E-state index contributed by atoms with van der Waals surface area (Å²) in [7, 11) is 0. The topological polar surface area (TPSA) is 29.3 Å². The lowest BCUT2D eigenvalue weighted by molar-refractivity contribution is 0.163. The molecule has 0 amide bonds. The molecule has 0 spiro atoms. The molecule has 2 atom stereocenters. The highest BCUT2D eigenvalue weighted by Crippen LogP contribution is 2.34. The molecule has 2 rings (SSSR count). The van der Waals surface area contributed by atoms with Crippen molar-refractivity contribution in [2.45, 2.75) is 52.0 Å². The average Bonchev–Trinajstić information content (AvgIpc) is 2.95. The lowest BCUT2D eigenvalue weighted by Gasteiger charge is -2.31. The molecule has 0 aromatic rings. The Labute approximate surface area is 101 Å². The van der Waals surface area contributed by atoms with Gasteiger partial charge in [-0.15, -0.1) is 0 Å². The van der Waals surface area contributed by atoms with Crippen molar-refractivity contribution in [1.29, 1.82) is 0 Å². The minimum Gasteiger partial charge on any atom is -0.330 e. The minimum absolute atomic E-state index is 0.708. The third kappa shape index (κ3) is 3.21. The van der Waals surface area contributed by atoms with Gasteiger partial charge in [-0.05, 0) is 63.8 Å². The van der Waals surface area contributed by atoms with Crippen LogP contribution in [0.1, 0.15) is 46.0 Å². The van der Waals surface area contributed by atoms with E-state index < -0.39 is 0 Å². The molecule has 2 aliphatic rings. The second-order valence-corrected chi connectivity index (χ2v) is 6.18. The van der Waals surface area contributed by atoms with E-state index in [1.807, 2.05) is 0 Å². The second kappa shape index (κ2) is 5.50. The Morgan fingerprint density at radius 3 is 2.31 bits per heavy atom. The van der Waals surface area contributed by atoms with Crippen molar-refractivity contribution in [3.05, 3.63) is 0 Å². The minimum atomic E-state index is 0.708. The van der Waals surface area contributed by atoms with Gasteiger partial charge < -0.3 is 10.6 Å². The van der Waals surface area contributed by atoms with Gasteiger partial charge in [0.1, 0.15) is 0 Å². The summed E-state index contributed by atoms with van der Waals surface area (Å²) < 4.78 is 0. The van der Waals surface area contributed by atoms with E-state index in [2.05, 4.69) is 18.7 Å². The summed E-state index contributed by atoms with van der Waals surface area (Å²) in [5, 5.41) is 0. The summed E-state index contributed by atoms with van der Waals surface area (Å²) in [6.45, 7) is 8.23. The van der Waals surface area contributed by atoms with Crippen molar-refractivity contribution in [3.8, 4) is 0 Å². The maximum absolute atomic E-state index is 5.87. The number of rotatable bonds is 6. The van der Waals surface area contributed by atoms with Crippen molar-refractivity contribution >= 4 is 0 Å². The molecular formula is C14H28N2. The van der Waals surface area contributed by atoms with Gasteiger partial charge in [0.15, 0.2) is 0 Å². The number of nitrogens with two attached hydrogens (primary N) is 1. The zero-order chi connectivity index (χ0) is 11.5. The molecule has 2 aliphatic carbocycles. The predicted molar refractivity (Wildman–Crippen MR) is 69.3 cm³/mol. The molecule has 0 aromatic carbocycles. The summed E-state index contributed by atoms with van der Waals surface area (Å²) in [4.78, 5) is 2.70. The summed E-state index contributed by atoms with van der Waals surface area (Å²) >= 11 is 0. The number of nitrogens with zero attached hydrogens (tertiary/aromatic N) is 1. The Hall–Kier alpha value is -0.0800. The normalized spacial score (nSPS) is 30.6. The average molecular weight is 224 g/mol. The lowest BCUT2D eigenvalue weighted by Crippen LogP contribution is -2.38. The molecule has 2 unspecified atom stereocenters. The summed E-state index contributed by atoms with van der Waals surface area (Å²) in [6, 6.07) is 0.708. The standard InChI is InChI=1S/C14H28N2/c1-11(2)16(9-12-6-7-12)10-14-5-3-4-13(14)8-15/h11-14H,3-10,15H2,1-2H3. The fraction of sp³-hybridized carbons (Fsp3) is 1.00. The van der Waals surface area contributed by atoms with Crippen LogP contribution in [-0.4, -0.2) is 30.6 Å². The molecule has 0 aliphatic heterocycles. The van der Waals surface area contributed by atoms with Crippen molar-refractivity contribution < 1.29 is 0 Å². The molecule has 0 radical (unpaired) electrons. The van der Waals surface area contributed by atoms with Crippen LogP contribution in [-0.2, 0) is 0 Å². The molecule has 2 fully saturated rings. The Bertz CT molecular complexity index is 211. The van der Waals surface area contributed by atoms with Crippen LogP contribution in [0.25, 0.3) is 0 Å². The first-order chi connectivity index (χ1) is 7.70. The van der Waals surface area contributed by atoms with Crippen molar-refractivity contribution in [3.63, 3.8) is 0 Å². The van der Waals surface area contributed by atoms with Crippen LogP contribution in [0, 0.1) is 17.8 Å². The van der Waals surface area contributed by atoms with Crippen LogP contribution >= 0.6 is 0 Å². The molecule has 94 valence electrons. The van der Waals surface area contributed by atoms with Gasteiger partial charge >= 0.3 is 0 Å². The second-order valence-electron chi connectivity index (χ2n) is 6.18. The van der Waals surface area contributed by atoms with E-state index in [-0.39, 0.29) is 0 Å². The van der Waals surface area contributed by atoms with E-state index in [1.165, 1.54) is 45.2 Å². The van der Waals surface area contributed by atoms with Gasteiger partial charge in [0.25, 0.3) is 0 Å². The first-order valence-electron chi connectivity index (χ1n) is 7.14. The van der Waals surface area contributed by atoms with Crippen LogP contribution < -0.4 is 5.73 Å². The first-order valence-corrected chi connectivity index (χ1v) is 7.14. The molecule has 0 heterocycles. The smallest absolute Gasteiger partial charge is 0.00388 e. The molecule has 0 aromatic heterocycles. The third-order valence-corrected chi connectivity index (χ3v) is 4.51. The highest BCUT2D eigenvalue weighted by atomic mass is 15.2. The van der Waals surface area contributed by atoms with E-state index in [1.54, 1.807) is 0 Å². The summed E-state index contributed by atoms with van der Waals surface area (Å²) in [6.07, 6.45) is 7.12. The van der Waals surface area contributed by atoms with Crippen LogP contribution in [0.4, 0.5) is 0 Å². The van der Waals surface area contributed by atoms with E-state index in [0.717, 1.165) is 24.3 Å². The van der Waals surface area contributed by atoms with Gasteiger partial charge in [-0.2, -0.15) is 0 Å². The largest absolute Gasteiger partial charge is 0.330 e. The van der Waals surface area contributed by atoms with E-state index in [9.17, 15) is 0 Å². The monoisotopic (exact) mass is 224 g/mol. The Morgan fingerprint density at radius 2 is 1.75 bits per heavy atom. The third-order valence-electron chi connectivity index (χ3n) is 4.51. The summed E-state index contributed by atoms with van der Waals surface area (Å²) in [5.74, 6) is 2.70. The fourth-order valence-electron chi connectivity index (χ4n) is 3.09. The van der Waals surface area contributed by atoms with Gasteiger partial charge in [0.05, 0.1) is 0 Å². The zero-order valence-corrected chi connectivity index (χ0v) is 11.0. The van der Waals surface area contributed by atoms with Crippen molar-refractivity contribution in [1.82, 2.24) is 4.90 Å². The zero-order valence-electron chi connectivity index (χ0n) is 11.0. The van der Waals surface area contributed by atoms with Crippen LogP contribution in [0.3, 0.4) is 0 Å². The molecule has 2 N–H and O–H groups in total. The highest BCUT2D eigenvalue weighted by molar-refractivity contribution is 4.84. The van der Waals surface area contributed by atoms with Crippen LogP contribution in [0.2, 0.25) is 0 Å². The SMILES string of the molecule is CC(C)N(CC1CC1)CC1CCCC1CN. The van der Waals surface area contributed by atoms with E-state index >= 15 is 0 Å². The van der Waals surface area contributed by atoms with Crippen molar-refractivity contribution in [2.75, 3.05) is 19.6 Å². The highest BCUT2D eigenvalue weighted by Gasteiger charge is 2.31. The number of hydrogen-bond acceptors (Lipinski definition) is 2. The maximum Gasteiger partial charge on any atom is 0.00388 e. The van der Waals surface area contributed by atoms with Gasteiger partial charge in [-0.25, -0.2) is 0 Å². The molecular weight excluding hydrogens is 196 g/mol. The van der Waals surface area contributed by atoms with Crippen molar-refractivity contribution in [2.24, 2.45) is 23.5 Å². The molecule has 2 heteroatoms. The lowest BCUT2D eigenvalue weighted by atomic mass is 9.95. The maximum atomic E-state index is 5.87. The number of hydrogen-bond donors (Lipinski definition) is 1. The molecule has 0 bridgehead atoms. The van der Waals surface area contributed by atoms with Crippen LogP contribution in [0.5, 0.6) is 0 Å². The van der Waals surface area contributed by atoms with Gasteiger partial charge in [-0.3, -0.25) is 0 Å². The van der Waals surface area contributed by atoms with E-state index in [0.29, 0.717) is 6.04 Å². The Balaban J connectivity index is 1.83. The van der Waals surface area contributed by atoms with Gasteiger partial charge in [0.2, 0.25) is 0 Å². The van der Waals surface area contributed by atoms with E-state index in [4.69, 9.17) is 5.73 Å². The first kappa shape index (κ1) is 12.4. The molecule has 2 saturated carbocycles. The van der Waals surface area contributed by atoms with Gasteiger partial charge in [-0.1, -0.05) is 6.42 Å². The van der Waals surface area contributed by atoms with Gasteiger partial charge in [0, 0.05) is 19.1 Å². The predicted octanol–water partition coefficient (Wildman–Crippen LogP) is 2.48. The quantitative estimate of drug-likeness (QED) is 0.751. The Morgan fingerprint density at radius 1 is 1.06 bits per heavy atom. The van der Waals surface area contributed by atoms with Crippen LogP contribution in [0.15, 0.2) is 0 Å². The summed E-state index contributed by atoms with van der Waals surface area (Å²) in [5.41, 5.74) is 5.87.